The standard InChI is InChI=1S/C21H27N2O.W/c1-16-14-20(17(2)23(16)19-12-8-5-9-13-19)21(24)15-22(3)18-10-6-4-7-11-18;/h8-9,12-14,18H,4,6-7,10-11,15H2,1-3H3;/q-1;. The zero-order chi connectivity index (χ0) is 17.1. The summed E-state index contributed by atoms with van der Waals surface area (Å²) in [5.74, 6) is 0.227. The first-order chi connectivity index (χ1) is 11.6. The van der Waals surface area contributed by atoms with Crippen molar-refractivity contribution in [2.75, 3.05) is 13.6 Å². The Bertz CT molecular complexity index is 702. The third-order valence-electron chi connectivity index (χ3n) is 5.28. The summed E-state index contributed by atoms with van der Waals surface area (Å²) in [7, 11) is 2.10. The molecule has 0 unspecified atom stereocenters. The molecule has 1 aliphatic rings. The molecule has 4 heteroatoms. The van der Waals surface area contributed by atoms with Gasteiger partial charge in [0, 0.05) is 44.1 Å². The molecule has 0 saturated heterocycles. The molecule has 0 amide bonds. The Labute approximate surface area is 165 Å². The number of carbonyl (C=O) groups excluding carboxylic acids is 1. The molecule has 1 heterocycles. The predicted molar refractivity (Wildman–Crippen MR) is 97.9 cm³/mol. The second-order valence-corrected chi connectivity index (χ2v) is 7.01. The monoisotopic (exact) mass is 507 g/mol. The number of hydrogen-bond donors (Lipinski definition) is 0. The van der Waals surface area contributed by atoms with Crippen LogP contribution in [0.4, 0.5) is 0 Å². The van der Waals surface area contributed by atoms with Crippen LogP contribution in [0.5, 0.6) is 0 Å². The van der Waals surface area contributed by atoms with Gasteiger partial charge in [0.1, 0.15) is 0 Å². The van der Waals surface area contributed by atoms with Crippen LogP contribution in [-0.2, 0) is 21.1 Å². The van der Waals surface area contributed by atoms with Gasteiger partial charge >= 0.3 is 0 Å². The summed E-state index contributed by atoms with van der Waals surface area (Å²) in [6.45, 7) is 4.61. The molecule has 0 bridgehead atoms. The number of aromatic nitrogens is 1. The number of hydrogen-bond acceptors (Lipinski definition) is 2. The summed E-state index contributed by atoms with van der Waals surface area (Å²) in [5.41, 5.74) is 4.06. The number of ketones is 1. The Morgan fingerprint density at radius 1 is 1.20 bits per heavy atom. The van der Waals surface area contributed by atoms with Crippen molar-refractivity contribution in [3.05, 3.63) is 53.3 Å². The van der Waals surface area contributed by atoms with Gasteiger partial charge in [-0.05, 0) is 39.8 Å². The smallest absolute Gasteiger partial charge is 0.178 e. The molecule has 0 aliphatic heterocycles. The van der Waals surface area contributed by atoms with E-state index in [0.29, 0.717) is 12.6 Å². The minimum Gasteiger partial charge on any atom is -0.341 e. The molecule has 1 saturated carbocycles. The minimum absolute atomic E-state index is 0. The molecule has 3 rings (SSSR count). The second kappa shape index (κ2) is 8.96. The fourth-order valence-corrected chi connectivity index (χ4v) is 3.93. The third-order valence-corrected chi connectivity index (χ3v) is 5.28. The van der Waals surface area contributed by atoms with Gasteiger partial charge in [-0.2, -0.15) is 18.2 Å². The second-order valence-electron chi connectivity index (χ2n) is 7.01. The molecule has 1 aromatic heterocycles. The van der Waals surface area contributed by atoms with Crippen LogP contribution < -0.4 is 0 Å². The van der Waals surface area contributed by atoms with Crippen LogP contribution in [0.2, 0.25) is 0 Å². The quantitative estimate of drug-likeness (QED) is 0.445. The summed E-state index contributed by atoms with van der Waals surface area (Å²) in [4.78, 5) is 15.1. The van der Waals surface area contributed by atoms with E-state index in [1.54, 1.807) is 0 Å². The number of likely N-dealkylation sites (N-methyl/N-ethyl adjacent to an activating group) is 1. The van der Waals surface area contributed by atoms with Gasteiger partial charge in [-0.1, -0.05) is 24.9 Å². The van der Waals surface area contributed by atoms with Gasteiger partial charge in [-0.15, -0.1) is 12.1 Å². The zero-order valence-electron chi connectivity index (χ0n) is 15.4. The maximum Gasteiger partial charge on any atom is 0.178 e. The minimum atomic E-state index is 0. The Kier molecular flexibility index (Phi) is 7.22. The summed E-state index contributed by atoms with van der Waals surface area (Å²) >= 11 is 0. The fourth-order valence-electron chi connectivity index (χ4n) is 3.93. The van der Waals surface area contributed by atoms with Crippen LogP contribution in [0, 0.1) is 19.9 Å². The number of carbonyl (C=O) groups is 1. The Balaban J connectivity index is 0.00000225. The van der Waals surface area contributed by atoms with E-state index in [2.05, 4.69) is 29.5 Å². The molecule has 25 heavy (non-hydrogen) atoms. The third kappa shape index (κ3) is 4.51. The largest absolute Gasteiger partial charge is 0.341 e. The first-order valence-corrected chi connectivity index (χ1v) is 8.97. The molecule has 0 atom stereocenters. The van der Waals surface area contributed by atoms with Crippen LogP contribution in [0.25, 0.3) is 5.69 Å². The SMILES string of the molecule is Cc1cc(C(=O)CN(C)C2CCCCC2)c(C)n1-c1cc[c-]cc1.[W]. The predicted octanol–water partition coefficient (Wildman–Crippen LogP) is 4.34. The number of benzene rings is 1. The van der Waals surface area contributed by atoms with Crippen molar-refractivity contribution in [1.82, 2.24) is 9.47 Å². The molecular weight excluding hydrogens is 480 g/mol. The molecule has 0 spiro atoms. The van der Waals surface area contributed by atoms with Crippen molar-refractivity contribution in [3.8, 4) is 5.69 Å². The maximum absolute atomic E-state index is 12.9. The molecule has 134 valence electrons. The average molecular weight is 507 g/mol. The first kappa shape index (κ1) is 20.1. The summed E-state index contributed by atoms with van der Waals surface area (Å²) < 4.78 is 2.15. The number of aryl methyl sites for hydroxylation is 1. The average Bonchev–Trinajstić information content (AvgIpc) is 2.91. The Morgan fingerprint density at radius 2 is 1.84 bits per heavy atom. The maximum atomic E-state index is 12.9. The Hall–Kier alpha value is -1.18. The number of rotatable bonds is 5. The van der Waals surface area contributed by atoms with Crippen LogP contribution in [0.3, 0.4) is 0 Å². The van der Waals surface area contributed by atoms with E-state index in [-0.39, 0.29) is 26.8 Å². The number of Topliss-reactive ketones (excluding diaryl/α,β-unsaturated/α-hetero) is 1. The summed E-state index contributed by atoms with van der Waals surface area (Å²) in [6, 6.07) is 13.5. The van der Waals surface area contributed by atoms with E-state index in [1.807, 2.05) is 37.3 Å². The van der Waals surface area contributed by atoms with Crippen molar-refractivity contribution in [3.63, 3.8) is 0 Å². The van der Waals surface area contributed by atoms with Crippen LogP contribution >= 0.6 is 0 Å². The van der Waals surface area contributed by atoms with Crippen molar-refractivity contribution in [1.29, 1.82) is 0 Å². The first-order valence-electron chi connectivity index (χ1n) is 8.97. The topological polar surface area (TPSA) is 25.2 Å². The van der Waals surface area contributed by atoms with Gasteiger partial charge in [0.2, 0.25) is 0 Å². The van der Waals surface area contributed by atoms with Gasteiger partial charge in [-0.25, -0.2) is 0 Å². The van der Waals surface area contributed by atoms with Gasteiger partial charge < -0.3 is 4.57 Å². The fraction of sp³-hybridized carbons (Fsp3) is 0.476. The zero-order valence-corrected chi connectivity index (χ0v) is 18.4. The van der Waals surface area contributed by atoms with Gasteiger partial charge in [-0.3, -0.25) is 9.69 Å². The van der Waals surface area contributed by atoms with Crippen LogP contribution in [-0.4, -0.2) is 34.9 Å². The molecule has 0 radical (unpaired) electrons. The van der Waals surface area contributed by atoms with Crippen molar-refractivity contribution in [2.45, 2.75) is 52.0 Å². The van der Waals surface area contributed by atoms with Crippen LogP contribution in [0.15, 0.2) is 30.3 Å². The van der Waals surface area contributed by atoms with Crippen molar-refractivity contribution >= 4 is 5.78 Å². The molecule has 3 nitrogen and oxygen atoms in total. The van der Waals surface area contributed by atoms with E-state index < -0.39 is 0 Å². The molecule has 1 aliphatic carbocycles. The molecule has 2 aromatic rings. The van der Waals surface area contributed by atoms with Gasteiger partial charge in [0.05, 0.1) is 6.54 Å². The van der Waals surface area contributed by atoms with Crippen LogP contribution in [0.1, 0.15) is 53.8 Å². The molecule has 0 N–H and O–H groups in total. The van der Waals surface area contributed by atoms with Gasteiger partial charge in [0.25, 0.3) is 0 Å². The Morgan fingerprint density at radius 3 is 2.48 bits per heavy atom. The van der Waals surface area contributed by atoms with E-state index in [0.717, 1.165) is 22.6 Å². The molecule has 1 fully saturated rings. The molecular formula is C21H27N2OW-. The van der Waals surface area contributed by atoms with Crippen molar-refractivity contribution < 1.29 is 25.9 Å². The van der Waals surface area contributed by atoms with Crippen molar-refractivity contribution in [2.24, 2.45) is 0 Å². The van der Waals surface area contributed by atoms with E-state index in [1.165, 1.54) is 32.1 Å². The normalized spacial score (nSPS) is 15.2. The molecule has 1 aromatic carbocycles. The number of nitrogens with zero attached hydrogens (tertiary/aromatic N) is 2. The summed E-state index contributed by atoms with van der Waals surface area (Å²) in [6.07, 6.45) is 6.38. The van der Waals surface area contributed by atoms with E-state index in [4.69, 9.17) is 0 Å². The van der Waals surface area contributed by atoms with Gasteiger partial charge in [0.15, 0.2) is 5.78 Å². The van der Waals surface area contributed by atoms with E-state index >= 15 is 0 Å². The van der Waals surface area contributed by atoms with E-state index in [9.17, 15) is 4.79 Å². The summed E-state index contributed by atoms with van der Waals surface area (Å²) in [5, 5.41) is 0.